The van der Waals surface area contributed by atoms with Crippen molar-refractivity contribution in [3.05, 3.63) is 40.4 Å². The molecule has 3 rings (SSSR count). The Hall–Kier alpha value is -1.91. The molecule has 0 atom stereocenters. The predicted molar refractivity (Wildman–Crippen MR) is 113 cm³/mol. The van der Waals surface area contributed by atoms with E-state index in [2.05, 4.69) is 35.9 Å². The Balaban J connectivity index is 2.26. The third-order valence-corrected chi connectivity index (χ3v) is 5.13. The highest BCUT2D eigenvalue weighted by Gasteiger charge is 2.19. The largest absolute Gasteiger partial charge is 0.370 e. The van der Waals surface area contributed by atoms with E-state index in [1.165, 1.54) is 0 Å². The maximum Gasteiger partial charge on any atom is 0.201 e. The summed E-state index contributed by atoms with van der Waals surface area (Å²) >= 11 is 12.5. The van der Waals surface area contributed by atoms with E-state index in [0.29, 0.717) is 16.0 Å². The fourth-order valence-electron chi connectivity index (χ4n) is 3.39. The molecule has 2 N–H and O–H groups in total. The summed E-state index contributed by atoms with van der Waals surface area (Å²) in [4.78, 5) is 7.04. The molecule has 0 aliphatic carbocycles. The average Bonchev–Trinajstić information content (AvgIpc) is 2.90. The van der Waals surface area contributed by atoms with Crippen LogP contribution in [0.2, 0.25) is 10.0 Å². The average molecular weight is 391 g/mol. The Bertz CT molecular complexity index is 927. The maximum atomic E-state index is 6.45. The first-order valence-corrected chi connectivity index (χ1v) is 9.68. The molecule has 0 spiro atoms. The predicted octanol–water partition coefficient (Wildman–Crippen LogP) is 5.76. The van der Waals surface area contributed by atoms with Crippen LogP contribution in [-0.2, 0) is 7.05 Å². The summed E-state index contributed by atoms with van der Waals surface area (Å²) in [6, 6.07) is 9.76. The molecule has 1 heterocycles. The molecule has 26 heavy (non-hydrogen) atoms. The number of nitrogens with two attached hydrogens (primary N) is 1. The van der Waals surface area contributed by atoms with Gasteiger partial charge in [0.05, 0.1) is 11.2 Å². The van der Waals surface area contributed by atoms with E-state index in [1.807, 2.05) is 23.7 Å². The van der Waals surface area contributed by atoms with Gasteiger partial charge in [0.15, 0.2) is 0 Å². The van der Waals surface area contributed by atoms with Gasteiger partial charge in [0.2, 0.25) is 5.95 Å². The van der Waals surface area contributed by atoms with E-state index in [-0.39, 0.29) is 0 Å². The van der Waals surface area contributed by atoms with Gasteiger partial charge in [-0.05, 0) is 37.1 Å². The molecule has 0 amide bonds. The number of nitrogen functional groups attached to an aromatic ring is 1. The van der Waals surface area contributed by atoms with Crippen molar-refractivity contribution in [1.29, 1.82) is 0 Å². The second kappa shape index (κ2) is 7.77. The number of hydrogen-bond donors (Lipinski definition) is 1. The minimum atomic E-state index is 0.492. The number of hydrogen-bond acceptors (Lipinski definition) is 3. The Kier molecular flexibility index (Phi) is 5.64. The van der Waals surface area contributed by atoms with Gasteiger partial charge in [0.25, 0.3) is 0 Å². The second-order valence-electron chi connectivity index (χ2n) is 6.47. The van der Waals surface area contributed by atoms with E-state index in [1.54, 1.807) is 6.07 Å². The number of nitrogens with zero attached hydrogens (tertiary/aromatic N) is 3. The highest BCUT2D eigenvalue weighted by molar-refractivity contribution is 6.36. The van der Waals surface area contributed by atoms with Crippen LogP contribution in [0.1, 0.15) is 26.7 Å². The third-order valence-electron chi connectivity index (χ3n) is 4.58. The third kappa shape index (κ3) is 3.36. The lowest BCUT2D eigenvalue weighted by molar-refractivity contribution is 0.745. The molecule has 2 aromatic carbocycles. The Labute approximate surface area is 164 Å². The number of anilines is 2. The second-order valence-corrected chi connectivity index (χ2v) is 7.31. The van der Waals surface area contributed by atoms with Crippen molar-refractivity contribution < 1.29 is 0 Å². The standard InChI is InChI=1S/C20H24Cl2N4/c1-4-10-26(11-5-2)17-9-8-15(14-7-6-13(21)12-16(14)22)18-19(17)25(3)20(23)24-18/h6-9,12H,4-5,10-11H2,1-3H3,(H2,23,24). The van der Waals surface area contributed by atoms with Crippen molar-refractivity contribution in [3.63, 3.8) is 0 Å². The lowest BCUT2D eigenvalue weighted by atomic mass is 10.0. The molecule has 1 aromatic heterocycles. The number of imidazole rings is 1. The molecule has 0 fully saturated rings. The highest BCUT2D eigenvalue weighted by Crippen LogP contribution is 2.39. The lowest BCUT2D eigenvalue weighted by Crippen LogP contribution is -2.25. The Morgan fingerprint density at radius 3 is 2.31 bits per heavy atom. The van der Waals surface area contributed by atoms with Crippen LogP contribution in [0.4, 0.5) is 11.6 Å². The normalized spacial score (nSPS) is 11.3. The Morgan fingerprint density at radius 2 is 1.69 bits per heavy atom. The molecule has 138 valence electrons. The highest BCUT2D eigenvalue weighted by atomic mass is 35.5. The molecule has 0 aliphatic rings. The number of aryl methyl sites for hydroxylation is 1. The number of rotatable bonds is 6. The molecule has 0 aliphatic heterocycles. The molecular formula is C20H24Cl2N4. The van der Waals surface area contributed by atoms with Crippen LogP contribution in [0, 0.1) is 0 Å². The Morgan fingerprint density at radius 1 is 1.04 bits per heavy atom. The molecule has 6 heteroatoms. The van der Waals surface area contributed by atoms with Crippen molar-refractivity contribution in [3.8, 4) is 11.1 Å². The molecule has 0 saturated heterocycles. The first-order valence-electron chi connectivity index (χ1n) is 8.93. The monoisotopic (exact) mass is 390 g/mol. The number of fused-ring (bicyclic) bond motifs is 1. The zero-order chi connectivity index (χ0) is 18.8. The van der Waals surface area contributed by atoms with Gasteiger partial charge in [-0.3, -0.25) is 0 Å². The minimum Gasteiger partial charge on any atom is -0.370 e. The smallest absolute Gasteiger partial charge is 0.201 e. The van der Waals surface area contributed by atoms with Crippen LogP contribution in [-0.4, -0.2) is 22.6 Å². The number of halogens is 2. The van der Waals surface area contributed by atoms with E-state index in [0.717, 1.165) is 53.8 Å². The van der Waals surface area contributed by atoms with Crippen LogP contribution < -0.4 is 10.6 Å². The first kappa shape index (κ1) is 18.9. The summed E-state index contributed by atoms with van der Waals surface area (Å²) in [6.45, 7) is 6.38. The molecule has 0 unspecified atom stereocenters. The van der Waals surface area contributed by atoms with E-state index >= 15 is 0 Å². The van der Waals surface area contributed by atoms with Gasteiger partial charge in [-0.15, -0.1) is 0 Å². The first-order chi connectivity index (χ1) is 12.5. The SMILES string of the molecule is CCCN(CCC)c1ccc(-c2ccc(Cl)cc2Cl)c2nc(N)n(C)c12. The van der Waals surface area contributed by atoms with Gasteiger partial charge >= 0.3 is 0 Å². The molecule has 3 aromatic rings. The van der Waals surface area contributed by atoms with Crippen LogP contribution in [0.25, 0.3) is 22.2 Å². The molecule has 0 saturated carbocycles. The van der Waals surface area contributed by atoms with Gasteiger partial charge in [-0.2, -0.15) is 0 Å². The van der Waals surface area contributed by atoms with Gasteiger partial charge in [0.1, 0.15) is 5.52 Å². The fourth-order valence-corrected chi connectivity index (χ4v) is 3.90. The van der Waals surface area contributed by atoms with Crippen LogP contribution >= 0.6 is 23.2 Å². The topological polar surface area (TPSA) is 47.1 Å². The van der Waals surface area contributed by atoms with E-state index in [4.69, 9.17) is 28.9 Å². The van der Waals surface area contributed by atoms with Crippen LogP contribution in [0.15, 0.2) is 30.3 Å². The van der Waals surface area contributed by atoms with Crippen molar-refractivity contribution in [2.45, 2.75) is 26.7 Å². The summed E-state index contributed by atoms with van der Waals surface area (Å²) in [5.74, 6) is 0.492. The minimum absolute atomic E-state index is 0.492. The summed E-state index contributed by atoms with van der Waals surface area (Å²) in [7, 11) is 1.96. The fraction of sp³-hybridized carbons (Fsp3) is 0.350. The van der Waals surface area contributed by atoms with Gasteiger partial charge in [0, 0.05) is 41.3 Å². The number of aromatic nitrogens is 2. The van der Waals surface area contributed by atoms with E-state index in [9.17, 15) is 0 Å². The lowest BCUT2D eigenvalue weighted by Gasteiger charge is -2.25. The van der Waals surface area contributed by atoms with Gasteiger partial charge in [-0.25, -0.2) is 4.98 Å². The summed E-state index contributed by atoms with van der Waals surface area (Å²) in [6.07, 6.45) is 2.17. The summed E-state index contributed by atoms with van der Waals surface area (Å²) in [5.41, 5.74) is 11.1. The van der Waals surface area contributed by atoms with Crippen LogP contribution in [0.3, 0.4) is 0 Å². The van der Waals surface area contributed by atoms with Crippen molar-refractivity contribution in [1.82, 2.24) is 9.55 Å². The van der Waals surface area contributed by atoms with E-state index < -0.39 is 0 Å². The number of benzene rings is 2. The molecule has 4 nitrogen and oxygen atoms in total. The maximum absolute atomic E-state index is 6.45. The van der Waals surface area contributed by atoms with Crippen molar-refractivity contribution in [2.75, 3.05) is 23.7 Å². The molecular weight excluding hydrogens is 367 g/mol. The summed E-state index contributed by atoms with van der Waals surface area (Å²) in [5, 5.41) is 1.22. The summed E-state index contributed by atoms with van der Waals surface area (Å²) < 4.78 is 1.95. The zero-order valence-corrected chi connectivity index (χ0v) is 16.9. The van der Waals surface area contributed by atoms with Crippen molar-refractivity contribution >= 4 is 45.9 Å². The molecule has 0 bridgehead atoms. The van der Waals surface area contributed by atoms with Gasteiger partial charge in [-0.1, -0.05) is 43.1 Å². The van der Waals surface area contributed by atoms with Gasteiger partial charge < -0.3 is 15.2 Å². The van der Waals surface area contributed by atoms with Crippen LogP contribution in [0.5, 0.6) is 0 Å². The zero-order valence-electron chi connectivity index (χ0n) is 15.4. The quantitative estimate of drug-likeness (QED) is 0.582. The molecule has 0 radical (unpaired) electrons. The van der Waals surface area contributed by atoms with Crippen molar-refractivity contribution in [2.24, 2.45) is 7.05 Å².